The van der Waals surface area contributed by atoms with E-state index in [4.69, 9.17) is 17.3 Å². The number of halogens is 3. The monoisotopic (exact) mass is 506 g/mol. The van der Waals surface area contributed by atoms with Crippen molar-refractivity contribution in [2.45, 2.75) is 24.3 Å². The molecule has 2 aromatic carbocycles. The van der Waals surface area contributed by atoms with E-state index in [9.17, 15) is 9.59 Å². The smallest absolute Gasteiger partial charge is 0.255 e. The molecule has 4 N–H and O–H groups in total. The summed E-state index contributed by atoms with van der Waals surface area (Å²) in [7, 11) is 0. The highest BCUT2D eigenvalue weighted by molar-refractivity contribution is 6.30. The molecule has 1 heterocycles. The first kappa shape index (κ1) is 26.6. The first-order valence-corrected chi connectivity index (χ1v) is 10.5. The molecule has 1 fully saturated rings. The molecule has 1 atom stereocenters. The molecule has 4 rings (SSSR count). The molecule has 1 aromatic heterocycles. The highest BCUT2D eigenvalue weighted by atomic mass is 35.5. The lowest BCUT2D eigenvalue weighted by atomic mass is 9.95. The summed E-state index contributed by atoms with van der Waals surface area (Å²) in [6.45, 7) is 0.316. The Morgan fingerprint density at radius 2 is 1.58 bits per heavy atom. The van der Waals surface area contributed by atoms with E-state index in [0.29, 0.717) is 22.8 Å². The minimum atomic E-state index is -0.473. The van der Waals surface area contributed by atoms with Crippen molar-refractivity contribution in [3.8, 4) is 0 Å². The predicted octanol–water partition coefficient (Wildman–Crippen LogP) is 4.68. The quantitative estimate of drug-likeness (QED) is 0.432. The average molecular weight is 508 g/mol. The minimum absolute atomic E-state index is 0. The lowest BCUT2D eigenvalue weighted by Gasteiger charge is -2.19. The van der Waals surface area contributed by atoms with E-state index in [1.807, 2.05) is 36.4 Å². The van der Waals surface area contributed by atoms with Crippen molar-refractivity contribution < 1.29 is 9.59 Å². The number of nitrogens with zero attached hydrogens (tertiary/aromatic N) is 1. The standard InChI is InChI=1S/C24H23ClN4O2.2ClH/c25-19-7-5-18(6-8-19)24(11-12-24)23(31)28-15-21(26)16-1-3-17(4-2-16)22(30)29-20-9-13-27-14-10-20;;/h1-10,13-14,21H,11-12,15,26H2,(H,28,31)(H,27,29,30);2*1H. The van der Waals surface area contributed by atoms with Gasteiger partial charge >= 0.3 is 0 Å². The molecule has 0 spiro atoms. The predicted molar refractivity (Wildman–Crippen MR) is 135 cm³/mol. The Bertz CT molecular complexity index is 1070. The van der Waals surface area contributed by atoms with Crippen LogP contribution >= 0.6 is 36.4 Å². The zero-order valence-corrected chi connectivity index (χ0v) is 20.1. The fourth-order valence-electron chi connectivity index (χ4n) is 3.55. The number of carbonyl (C=O) groups excluding carboxylic acids is 2. The number of pyridine rings is 1. The van der Waals surface area contributed by atoms with Gasteiger partial charge in [-0.3, -0.25) is 14.6 Å². The van der Waals surface area contributed by atoms with Gasteiger partial charge < -0.3 is 16.4 Å². The Morgan fingerprint density at radius 3 is 2.15 bits per heavy atom. The first-order valence-electron chi connectivity index (χ1n) is 10.1. The minimum Gasteiger partial charge on any atom is -0.353 e. The molecule has 0 radical (unpaired) electrons. The second-order valence-corrected chi connectivity index (χ2v) is 8.15. The van der Waals surface area contributed by atoms with Crippen molar-refractivity contribution in [1.82, 2.24) is 10.3 Å². The van der Waals surface area contributed by atoms with E-state index >= 15 is 0 Å². The summed E-state index contributed by atoms with van der Waals surface area (Å²) in [4.78, 5) is 29.1. The SMILES string of the molecule is Cl.Cl.NC(CNC(=O)C1(c2ccc(Cl)cc2)CC1)c1ccc(C(=O)Nc2ccncc2)cc1. The van der Waals surface area contributed by atoms with Crippen LogP contribution in [0.25, 0.3) is 0 Å². The second kappa shape index (κ2) is 11.5. The summed E-state index contributed by atoms with van der Waals surface area (Å²) < 4.78 is 0. The Balaban J connectivity index is 0.00000193. The van der Waals surface area contributed by atoms with E-state index in [1.165, 1.54) is 0 Å². The number of anilines is 1. The van der Waals surface area contributed by atoms with Crippen LogP contribution in [0.2, 0.25) is 5.02 Å². The van der Waals surface area contributed by atoms with Crippen LogP contribution in [0, 0.1) is 0 Å². The van der Waals surface area contributed by atoms with Crippen LogP contribution in [0.1, 0.15) is 40.4 Å². The van der Waals surface area contributed by atoms with Gasteiger partial charge in [-0.2, -0.15) is 0 Å². The van der Waals surface area contributed by atoms with Gasteiger partial charge in [0.1, 0.15) is 0 Å². The molecular weight excluding hydrogens is 483 g/mol. The van der Waals surface area contributed by atoms with E-state index < -0.39 is 5.41 Å². The maximum absolute atomic E-state index is 12.8. The molecule has 174 valence electrons. The van der Waals surface area contributed by atoms with Crippen LogP contribution < -0.4 is 16.4 Å². The van der Waals surface area contributed by atoms with Gasteiger partial charge in [0.05, 0.1) is 5.41 Å². The lowest BCUT2D eigenvalue weighted by molar-refractivity contribution is -0.123. The molecule has 2 amide bonds. The zero-order chi connectivity index (χ0) is 21.8. The van der Waals surface area contributed by atoms with E-state index in [1.54, 1.807) is 36.7 Å². The van der Waals surface area contributed by atoms with Crippen LogP contribution in [0.15, 0.2) is 73.1 Å². The van der Waals surface area contributed by atoms with Gasteiger partial charge in [-0.1, -0.05) is 35.9 Å². The third-order valence-electron chi connectivity index (χ3n) is 5.60. The van der Waals surface area contributed by atoms with Gasteiger partial charge in [-0.05, 0) is 60.4 Å². The second-order valence-electron chi connectivity index (χ2n) is 7.72. The van der Waals surface area contributed by atoms with Crippen molar-refractivity contribution in [3.63, 3.8) is 0 Å². The molecule has 6 nitrogen and oxygen atoms in total. The Labute approximate surface area is 210 Å². The fourth-order valence-corrected chi connectivity index (χ4v) is 3.68. The average Bonchev–Trinajstić information content (AvgIpc) is 3.60. The fraction of sp³-hybridized carbons (Fsp3) is 0.208. The highest BCUT2D eigenvalue weighted by Gasteiger charge is 2.51. The van der Waals surface area contributed by atoms with Gasteiger partial charge in [0.2, 0.25) is 5.91 Å². The molecule has 0 aliphatic heterocycles. The van der Waals surface area contributed by atoms with Crippen molar-refractivity contribution in [3.05, 3.63) is 94.8 Å². The van der Waals surface area contributed by atoms with Crippen LogP contribution in [-0.2, 0) is 10.2 Å². The van der Waals surface area contributed by atoms with Crippen LogP contribution in [0.3, 0.4) is 0 Å². The third-order valence-corrected chi connectivity index (χ3v) is 5.86. The first-order chi connectivity index (χ1) is 15.0. The van der Waals surface area contributed by atoms with Crippen LogP contribution in [0.5, 0.6) is 0 Å². The van der Waals surface area contributed by atoms with Gasteiger partial charge in [0.25, 0.3) is 5.91 Å². The summed E-state index contributed by atoms with van der Waals surface area (Å²) in [5, 5.41) is 6.45. The topological polar surface area (TPSA) is 97.1 Å². The number of hydrogen-bond acceptors (Lipinski definition) is 4. The molecule has 1 aliphatic carbocycles. The number of nitrogens with two attached hydrogens (primary N) is 1. The number of amides is 2. The maximum Gasteiger partial charge on any atom is 0.255 e. The van der Waals surface area contributed by atoms with E-state index in [0.717, 1.165) is 24.0 Å². The van der Waals surface area contributed by atoms with Gasteiger partial charge in [0.15, 0.2) is 0 Å². The number of nitrogens with one attached hydrogen (secondary N) is 2. The largest absolute Gasteiger partial charge is 0.353 e. The Hall–Kier alpha value is -2.64. The molecule has 33 heavy (non-hydrogen) atoms. The molecule has 1 aliphatic rings. The van der Waals surface area contributed by atoms with Crippen molar-refractivity contribution in [1.29, 1.82) is 0 Å². The van der Waals surface area contributed by atoms with Gasteiger partial charge in [-0.25, -0.2) is 0 Å². The third kappa shape index (κ3) is 6.24. The molecule has 1 saturated carbocycles. The molecule has 9 heteroatoms. The maximum atomic E-state index is 12.8. The number of aromatic nitrogens is 1. The number of rotatable bonds is 7. The van der Waals surface area contributed by atoms with Crippen molar-refractivity contribution in [2.24, 2.45) is 5.73 Å². The van der Waals surface area contributed by atoms with Gasteiger partial charge in [0, 0.05) is 41.3 Å². The van der Waals surface area contributed by atoms with E-state index in [2.05, 4.69) is 15.6 Å². The number of carbonyl (C=O) groups is 2. The number of benzene rings is 2. The molecule has 1 unspecified atom stereocenters. The van der Waals surface area contributed by atoms with Gasteiger partial charge in [-0.15, -0.1) is 24.8 Å². The van der Waals surface area contributed by atoms with Crippen molar-refractivity contribution in [2.75, 3.05) is 11.9 Å². The summed E-state index contributed by atoms with van der Waals surface area (Å²) in [5.41, 5.74) is 8.83. The van der Waals surface area contributed by atoms with Crippen LogP contribution in [0.4, 0.5) is 5.69 Å². The summed E-state index contributed by atoms with van der Waals surface area (Å²) in [6, 6.07) is 17.6. The van der Waals surface area contributed by atoms with E-state index in [-0.39, 0.29) is 42.7 Å². The molecule has 0 bridgehead atoms. The Kier molecular flexibility index (Phi) is 9.25. The summed E-state index contributed by atoms with van der Waals surface area (Å²) in [5.74, 6) is -0.225. The summed E-state index contributed by atoms with van der Waals surface area (Å²) in [6.07, 6.45) is 4.86. The highest BCUT2D eigenvalue weighted by Crippen LogP contribution is 2.48. The Morgan fingerprint density at radius 1 is 0.970 bits per heavy atom. The normalized spacial score (nSPS) is 14.1. The summed E-state index contributed by atoms with van der Waals surface area (Å²) >= 11 is 5.96. The molecule has 3 aromatic rings. The van der Waals surface area contributed by atoms with Crippen LogP contribution in [-0.4, -0.2) is 23.3 Å². The zero-order valence-electron chi connectivity index (χ0n) is 17.7. The molecular formula is C24H25Cl3N4O2. The molecule has 0 saturated heterocycles. The number of hydrogen-bond donors (Lipinski definition) is 3. The lowest BCUT2D eigenvalue weighted by Crippen LogP contribution is -2.38. The van der Waals surface area contributed by atoms with Crippen molar-refractivity contribution >= 4 is 53.9 Å².